The monoisotopic (exact) mass is 498 g/mol. The molecule has 2 heterocycles. The molecule has 0 bridgehead atoms. The van der Waals surface area contributed by atoms with Crippen molar-refractivity contribution < 1.29 is 4.79 Å². The second kappa shape index (κ2) is 13.1. The Morgan fingerprint density at radius 1 is 0.811 bits per heavy atom. The standard InChI is InChI=1S/C28H34N8O/c1-3-15-29-25-32-26(30-16-4-2)34-27(33-25)35-17-19-36(20-18-35)28(37)31-21-24(22-11-7-5-8-12-22)23-13-9-6-10-14-23/h3-14,24H,1-2,15-21H2,(H,31,37)(H2,29,30,32,33,34). The van der Waals surface area contributed by atoms with Crippen LogP contribution in [0.4, 0.5) is 22.6 Å². The van der Waals surface area contributed by atoms with E-state index in [2.05, 4.69) is 73.2 Å². The number of amides is 2. The Bertz CT molecular complexity index is 1090. The summed E-state index contributed by atoms with van der Waals surface area (Å²) < 4.78 is 0. The van der Waals surface area contributed by atoms with Gasteiger partial charge in [0.15, 0.2) is 0 Å². The molecule has 0 unspecified atom stereocenters. The predicted molar refractivity (Wildman–Crippen MR) is 149 cm³/mol. The maximum Gasteiger partial charge on any atom is 0.317 e. The zero-order valence-electron chi connectivity index (χ0n) is 21.0. The summed E-state index contributed by atoms with van der Waals surface area (Å²) in [6.07, 6.45) is 3.50. The van der Waals surface area contributed by atoms with Gasteiger partial charge in [0, 0.05) is 51.7 Å². The summed E-state index contributed by atoms with van der Waals surface area (Å²) in [5.41, 5.74) is 2.35. The molecule has 3 aromatic rings. The molecule has 0 radical (unpaired) electrons. The lowest BCUT2D eigenvalue weighted by Gasteiger charge is -2.35. The molecule has 2 amide bonds. The van der Waals surface area contributed by atoms with Gasteiger partial charge in [0.1, 0.15) is 0 Å². The number of urea groups is 1. The van der Waals surface area contributed by atoms with Gasteiger partial charge >= 0.3 is 6.03 Å². The Balaban J connectivity index is 1.37. The summed E-state index contributed by atoms with van der Waals surface area (Å²) >= 11 is 0. The van der Waals surface area contributed by atoms with E-state index in [-0.39, 0.29) is 11.9 Å². The van der Waals surface area contributed by atoms with Crippen LogP contribution < -0.4 is 20.9 Å². The van der Waals surface area contributed by atoms with Crippen molar-refractivity contribution in [3.8, 4) is 0 Å². The van der Waals surface area contributed by atoms with Crippen LogP contribution in [0.15, 0.2) is 86.0 Å². The van der Waals surface area contributed by atoms with Gasteiger partial charge in [-0.1, -0.05) is 72.8 Å². The van der Waals surface area contributed by atoms with Crippen molar-refractivity contribution >= 4 is 23.9 Å². The number of hydrogen-bond acceptors (Lipinski definition) is 7. The summed E-state index contributed by atoms with van der Waals surface area (Å²) in [6.45, 7) is 11.5. The third-order valence-electron chi connectivity index (χ3n) is 6.14. The zero-order chi connectivity index (χ0) is 25.9. The maximum absolute atomic E-state index is 13.1. The van der Waals surface area contributed by atoms with Crippen LogP contribution in [-0.2, 0) is 0 Å². The summed E-state index contributed by atoms with van der Waals surface area (Å²) in [4.78, 5) is 30.5. The average molecular weight is 499 g/mol. The minimum Gasteiger partial charge on any atom is -0.351 e. The van der Waals surface area contributed by atoms with Gasteiger partial charge in [-0.25, -0.2) is 4.79 Å². The van der Waals surface area contributed by atoms with Gasteiger partial charge in [0.2, 0.25) is 17.8 Å². The number of nitrogens with one attached hydrogen (secondary N) is 3. The smallest absolute Gasteiger partial charge is 0.317 e. The van der Waals surface area contributed by atoms with Gasteiger partial charge in [0.25, 0.3) is 0 Å². The minimum atomic E-state index is -0.0613. The second-order valence-corrected chi connectivity index (χ2v) is 8.66. The van der Waals surface area contributed by atoms with Crippen molar-refractivity contribution in [2.75, 3.05) is 61.3 Å². The molecule has 9 heteroatoms. The molecule has 1 saturated heterocycles. The molecule has 0 saturated carbocycles. The number of carbonyl (C=O) groups excluding carboxylic acids is 1. The van der Waals surface area contributed by atoms with E-state index >= 15 is 0 Å². The average Bonchev–Trinajstić information content (AvgIpc) is 2.96. The van der Waals surface area contributed by atoms with Gasteiger partial charge in [0.05, 0.1) is 0 Å². The highest BCUT2D eigenvalue weighted by molar-refractivity contribution is 5.74. The van der Waals surface area contributed by atoms with Crippen molar-refractivity contribution in [2.45, 2.75) is 5.92 Å². The minimum absolute atomic E-state index is 0.0613. The van der Waals surface area contributed by atoms with Crippen molar-refractivity contribution in [1.82, 2.24) is 25.2 Å². The van der Waals surface area contributed by atoms with Gasteiger partial charge in [-0.15, -0.1) is 13.2 Å². The number of aromatic nitrogens is 3. The first-order chi connectivity index (χ1) is 18.2. The highest BCUT2D eigenvalue weighted by atomic mass is 16.2. The highest BCUT2D eigenvalue weighted by Gasteiger charge is 2.24. The number of hydrogen-bond donors (Lipinski definition) is 3. The van der Waals surface area contributed by atoms with Gasteiger partial charge in [-0.05, 0) is 11.1 Å². The second-order valence-electron chi connectivity index (χ2n) is 8.66. The van der Waals surface area contributed by atoms with Crippen LogP contribution in [0.5, 0.6) is 0 Å². The van der Waals surface area contributed by atoms with Crippen molar-refractivity contribution in [3.05, 3.63) is 97.1 Å². The topological polar surface area (TPSA) is 98.3 Å². The van der Waals surface area contributed by atoms with Crippen molar-refractivity contribution in [3.63, 3.8) is 0 Å². The van der Waals surface area contributed by atoms with Crippen LogP contribution in [-0.4, -0.2) is 71.7 Å². The normalized spacial score (nSPS) is 13.2. The fourth-order valence-electron chi connectivity index (χ4n) is 4.20. The van der Waals surface area contributed by atoms with Crippen LogP contribution >= 0.6 is 0 Å². The first-order valence-corrected chi connectivity index (χ1v) is 12.5. The quantitative estimate of drug-likeness (QED) is 0.347. The number of carbonyl (C=O) groups is 1. The van der Waals surface area contributed by atoms with E-state index in [1.165, 1.54) is 11.1 Å². The van der Waals surface area contributed by atoms with E-state index < -0.39 is 0 Å². The molecule has 3 N–H and O–H groups in total. The first kappa shape index (κ1) is 25.7. The fourth-order valence-corrected chi connectivity index (χ4v) is 4.20. The number of benzene rings is 2. The first-order valence-electron chi connectivity index (χ1n) is 12.5. The Morgan fingerprint density at radius 3 is 1.81 bits per heavy atom. The van der Waals surface area contributed by atoms with E-state index in [4.69, 9.17) is 0 Å². The summed E-state index contributed by atoms with van der Waals surface area (Å²) in [6, 6.07) is 20.5. The Morgan fingerprint density at radius 2 is 1.32 bits per heavy atom. The molecule has 1 aromatic heterocycles. The third kappa shape index (κ3) is 7.07. The molecule has 4 rings (SSSR count). The van der Waals surface area contributed by atoms with E-state index in [0.29, 0.717) is 63.7 Å². The van der Waals surface area contributed by atoms with Crippen LogP contribution in [0.3, 0.4) is 0 Å². The number of anilines is 3. The molecule has 1 aliphatic rings. The van der Waals surface area contributed by atoms with E-state index in [1.807, 2.05) is 41.3 Å². The number of nitrogens with zero attached hydrogens (tertiary/aromatic N) is 5. The molecule has 37 heavy (non-hydrogen) atoms. The molecule has 0 atom stereocenters. The van der Waals surface area contributed by atoms with E-state index in [0.717, 1.165) is 0 Å². The summed E-state index contributed by atoms with van der Waals surface area (Å²) in [5.74, 6) is 1.61. The van der Waals surface area contributed by atoms with Crippen LogP contribution in [0.25, 0.3) is 0 Å². The summed E-state index contributed by atoms with van der Waals surface area (Å²) in [5, 5.41) is 9.41. The van der Waals surface area contributed by atoms with E-state index in [1.54, 1.807) is 12.2 Å². The van der Waals surface area contributed by atoms with Gasteiger partial charge < -0.3 is 25.8 Å². The lowest BCUT2D eigenvalue weighted by molar-refractivity contribution is 0.194. The summed E-state index contributed by atoms with van der Waals surface area (Å²) in [7, 11) is 0. The Labute approximate surface area is 218 Å². The SMILES string of the molecule is C=CCNc1nc(NCC=C)nc(N2CCN(C(=O)NCC(c3ccccc3)c3ccccc3)CC2)n1. The zero-order valence-corrected chi connectivity index (χ0v) is 21.0. The van der Waals surface area contributed by atoms with Crippen LogP contribution in [0.2, 0.25) is 0 Å². The molecule has 9 nitrogen and oxygen atoms in total. The third-order valence-corrected chi connectivity index (χ3v) is 6.14. The molecular weight excluding hydrogens is 464 g/mol. The Kier molecular flexibility index (Phi) is 9.07. The Hall–Kier alpha value is -4.40. The van der Waals surface area contributed by atoms with Crippen LogP contribution in [0.1, 0.15) is 17.0 Å². The number of piperazine rings is 1. The van der Waals surface area contributed by atoms with Crippen LogP contribution in [0, 0.1) is 0 Å². The van der Waals surface area contributed by atoms with Crippen molar-refractivity contribution in [1.29, 1.82) is 0 Å². The molecule has 2 aromatic carbocycles. The molecule has 1 aliphatic heterocycles. The molecule has 192 valence electrons. The number of rotatable bonds is 11. The van der Waals surface area contributed by atoms with E-state index in [9.17, 15) is 4.79 Å². The predicted octanol–water partition coefficient (Wildman–Crippen LogP) is 3.73. The van der Waals surface area contributed by atoms with Gasteiger partial charge in [-0.3, -0.25) is 0 Å². The van der Waals surface area contributed by atoms with Gasteiger partial charge in [-0.2, -0.15) is 15.0 Å². The maximum atomic E-state index is 13.1. The fraction of sp³-hybridized carbons (Fsp3) is 0.286. The molecular formula is C28H34N8O. The largest absolute Gasteiger partial charge is 0.351 e. The van der Waals surface area contributed by atoms with Crippen molar-refractivity contribution in [2.24, 2.45) is 0 Å². The molecule has 0 aliphatic carbocycles. The molecule has 1 fully saturated rings. The lowest BCUT2D eigenvalue weighted by Crippen LogP contribution is -2.52. The molecule has 0 spiro atoms. The highest BCUT2D eigenvalue weighted by Crippen LogP contribution is 2.24. The lowest BCUT2D eigenvalue weighted by atomic mass is 9.91.